The van der Waals surface area contributed by atoms with Crippen molar-refractivity contribution >= 4 is 11.6 Å². The van der Waals surface area contributed by atoms with Crippen molar-refractivity contribution in [2.24, 2.45) is 5.92 Å². The highest BCUT2D eigenvalue weighted by Crippen LogP contribution is 2.35. The molecule has 0 amide bonds. The van der Waals surface area contributed by atoms with Gasteiger partial charge in [-0.2, -0.15) is 0 Å². The average molecular weight is 294 g/mol. The van der Waals surface area contributed by atoms with E-state index in [1.54, 1.807) is 0 Å². The molecule has 0 spiro atoms. The van der Waals surface area contributed by atoms with Crippen LogP contribution >= 0.6 is 11.6 Å². The van der Waals surface area contributed by atoms with Crippen LogP contribution in [0.2, 0.25) is 5.02 Å². The van der Waals surface area contributed by atoms with Crippen molar-refractivity contribution in [1.82, 2.24) is 15.1 Å². The van der Waals surface area contributed by atoms with Crippen molar-refractivity contribution in [3.8, 4) is 0 Å². The van der Waals surface area contributed by atoms with Gasteiger partial charge in [0.05, 0.1) is 0 Å². The minimum atomic E-state index is 0.811. The van der Waals surface area contributed by atoms with Gasteiger partial charge in [0.25, 0.3) is 0 Å². The molecule has 4 heteroatoms. The molecule has 1 N–H and O–H groups in total. The van der Waals surface area contributed by atoms with E-state index in [1.807, 2.05) is 12.1 Å². The maximum absolute atomic E-state index is 5.89. The van der Waals surface area contributed by atoms with E-state index in [9.17, 15) is 0 Å². The quantitative estimate of drug-likeness (QED) is 0.897. The van der Waals surface area contributed by atoms with Gasteiger partial charge in [0.15, 0.2) is 0 Å². The van der Waals surface area contributed by atoms with E-state index in [1.165, 1.54) is 38.2 Å². The Hall–Kier alpha value is -0.610. The lowest BCUT2D eigenvalue weighted by atomic mass is 10.2. The number of benzene rings is 1. The highest BCUT2D eigenvalue weighted by molar-refractivity contribution is 6.30. The number of rotatable bonds is 5. The number of hydrogen-bond acceptors (Lipinski definition) is 3. The molecule has 0 unspecified atom stereocenters. The third kappa shape index (κ3) is 3.73. The van der Waals surface area contributed by atoms with E-state index >= 15 is 0 Å². The van der Waals surface area contributed by atoms with Crippen LogP contribution in [-0.2, 0) is 6.54 Å². The fourth-order valence-corrected chi connectivity index (χ4v) is 3.18. The van der Waals surface area contributed by atoms with Crippen molar-refractivity contribution in [3.63, 3.8) is 0 Å². The first-order valence-electron chi connectivity index (χ1n) is 7.60. The molecule has 0 aromatic heterocycles. The summed E-state index contributed by atoms with van der Waals surface area (Å²) in [6, 6.07) is 8.95. The SMILES string of the molecule is CN1CCN([C@@H]2C[C@@H]2CNCc2ccc(Cl)cc2)CC1. The summed E-state index contributed by atoms with van der Waals surface area (Å²) in [5.74, 6) is 0.853. The number of piperazine rings is 1. The van der Waals surface area contributed by atoms with E-state index in [0.29, 0.717) is 0 Å². The Morgan fingerprint density at radius 2 is 1.85 bits per heavy atom. The van der Waals surface area contributed by atoms with Crippen molar-refractivity contribution in [1.29, 1.82) is 0 Å². The standard InChI is InChI=1S/C16H24ClN3/c1-19-6-8-20(9-7-19)16-10-14(16)12-18-11-13-2-4-15(17)5-3-13/h2-5,14,16,18H,6-12H2,1H3/t14-,16-/m1/s1. The first-order valence-corrected chi connectivity index (χ1v) is 7.98. The molecule has 2 aliphatic rings. The van der Waals surface area contributed by atoms with Gasteiger partial charge in [-0.1, -0.05) is 23.7 Å². The van der Waals surface area contributed by atoms with Gasteiger partial charge in [0.1, 0.15) is 0 Å². The van der Waals surface area contributed by atoms with Crippen LogP contribution in [0.1, 0.15) is 12.0 Å². The van der Waals surface area contributed by atoms with E-state index in [0.717, 1.165) is 30.1 Å². The van der Waals surface area contributed by atoms with E-state index in [2.05, 4.69) is 34.3 Å². The summed E-state index contributed by atoms with van der Waals surface area (Å²) >= 11 is 5.89. The molecule has 1 saturated heterocycles. The van der Waals surface area contributed by atoms with Crippen LogP contribution < -0.4 is 5.32 Å². The van der Waals surface area contributed by atoms with Crippen LogP contribution in [0.25, 0.3) is 0 Å². The van der Waals surface area contributed by atoms with Gasteiger partial charge in [-0.05, 0) is 43.6 Å². The highest BCUT2D eigenvalue weighted by atomic mass is 35.5. The van der Waals surface area contributed by atoms with Crippen LogP contribution in [-0.4, -0.2) is 55.6 Å². The summed E-state index contributed by atoms with van der Waals surface area (Å²) in [4.78, 5) is 5.10. The predicted molar refractivity (Wildman–Crippen MR) is 84.1 cm³/mol. The number of nitrogens with one attached hydrogen (secondary N) is 1. The normalized spacial score (nSPS) is 27.7. The van der Waals surface area contributed by atoms with E-state index in [-0.39, 0.29) is 0 Å². The highest BCUT2D eigenvalue weighted by Gasteiger charge is 2.41. The number of halogens is 1. The van der Waals surface area contributed by atoms with E-state index in [4.69, 9.17) is 11.6 Å². The average Bonchev–Trinajstić information content (AvgIpc) is 3.21. The fourth-order valence-electron chi connectivity index (χ4n) is 3.06. The van der Waals surface area contributed by atoms with Gasteiger partial charge in [-0.15, -0.1) is 0 Å². The summed E-state index contributed by atoms with van der Waals surface area (Å²) in [5.41, 5.74) is 1.31. The molecule has 1 aliphatic carbocycles. The zero-order valence-electron chi connectivity index (χ0n) is 12.2. The molecule has 1 aliphatic heterocycles. The third-order valence-electron chi connectivity index (χ3n) is 4.54. The Labute approximate surface area is 126 Å². The van der Waals surface area contributed by atoms with Crippen LogP contribution in [0.4, 0.5) is 0 Å². The molecule has 20 heavy (non-hydrogen) atoms. The Morgan fingerprint density at radius 1 is 1.15 bits per heavy atom. The van der Waals surface area contributed by atoms with Gasteiger partial charge in [0, 0.05) is 43.8 Å². The topological polar surface area (TPSA) is 18.5 Å². The van der Waals surface area contributed by atoms with Gasteiger partial charge in [0.2, 0.25) is 0 Å². The third-order valence-corrected chi connectivity index (χ3v) is 4.79. The molecular weight excluding hydrogens is 270 g/mol. The second kappa shape index (κ2) is 6.44. The molecule has 110 valence electrons. The van der Waals surface area contributed by atoms with Crippen molar-refractivity contribution in [2.75, 3.05) is 39.8 Å². The van der Waals surface area contributed by atoms with E-state index < -0.39 is 0 Å². The number of nitrogens with zero attached hydrogens (tertiary/aromatic N) is 2. The zero-order chi connectivity index (χ0) is 13.9. The maximum Gasteiger partial charge on any atom is 0.0406 e. The molecule has 3 nitrogen and oxygen atoms in total. The van der Waals surface area contributed by atoms with Crippen molar-refractivity contribution in [2.45, 2.75) is 19.0 Å². The molecule has 1 aromatic carbocycles. The van der Waals surface area contributed by atoms with Crippen molar-refractivity contribution < 1.29 is 0 Å². The Bertz CT molecular complexity index is 426. The van der Waals surface area contributed by atoms with Gasteiger partial charge in [-0.25, -0.2) is 0 Å². The zero-order valence-corrected chi connectivity index (χ0v) is 12.9. The van der Waals surface area contributed by atoms with Crippen molar-refractivity contribution in [3.05, 3.63) is 34.9 Å². The minimum absolute atomic E-state index is 0.811. The maximum atomic E-state index is 5.89. The van der Waals surface area contributed by atoms with Gasteiger partial charge >= 0.3 is 0 Å². The van der Waals surface area contributed by atoms with Gasteiger partial charge in [-0.3, -0.25) is 4.90 Å². The Morgan fingerprint density at radius 3 is 2.55 bits per heavy atom. The summed E-state index contributed by atoms with van der Waals surface area (Å²) in [5, 5.41) is 4.39. The lowest BCUT2D eigenvalue weighted by Crippen LogP contribution is -2.46. The minimum Gasteiger partial charge on any atom is -0.312 e. The summed E-state index contributed by atoms with van der Waals surface area (Å²) in [7, 11) is 2.22. The molecule has 2 fully saturated rings. The largest absolute Gasteiger partial charge is 0.312 e. The molecule has 0 radical (unpaired) electrons. The van der Waals surface area contributed by atoms with Crippen LogP contribution in [0.5, 0.6) is 0 Å². The molecule has 1 heterocycles. The smallest absolute Gasteiger partial charge is 0.0406 e. The first-order chi connectivity index (χ1) is 9.72. The molecule has 1 aromatic rings. The monoisotopic (exact) mass is 293 g/mol. The second-order valence-corrected chi connectivity index (χ2v) is 6.60. The predicted octanol–water partition coefficient (Wildman–Crippen LogP) is 2.07. The number of likely N-dealkylation sites (N-methyl/N-ethyl adjacent to an activating group) is 1. The lowest BCUT2D eigenvalue weighted by Gasteiger charge is -2.32. The van der Waals surface area contributed by atoms with Crippen LogP contribution in [0, 0.1) is 5.92 Å². The summed E-state index contributed by atoms with van der Waals surface area (Å²) in [6.07, 6.45) is 1.37. The molecule has 3 rings (SSSR count). The first kappa shape index (κ1) is 14.3. The summed E-state index contributed by atoms with van der Waals surface area (Å²) in [6.45, 7) is 7.02. The second-order valence-electron chi connectivity index (χ2n) is 6.16. The molecule has 0 bridgehead atoms. The lowest BCUT2D eigenvalue weighted by molar-refractivity contribution is 0.142. The Kier molecular flexibility index (Phi) is 4.61. The Balaban J connectivity index is 1.35. The number of hydrogen-bond donors (Lipinski definition) is 1. The summed E-state index contributed by atoms with van der Waals surface area (Å²) < 4.78 is 0. The van der Waals surface area contributed by atoms with Crippen LogP contribution in [0.15, 0.2) is 24.3 Å². The molecule has 2 atom stereocenters. The van der Waals surface area contributed by atoms with Gasteiger partial charge < -0.3 is 10.2 Å². The fraction of sp³-hybridized carbons (Fsp3) is 0.625. The molecular formula is C16H24ClN3. The van der Waals surface area contributed by atoms with Crippen LogP contribution in [0.3, 0.4) is 0 Å². The molecule has 1 saturated carbocycles.